The van der Waals surface area contributed by atoms with Gasteiger partial charge in [-0.2, -0.15) is 0 Å². The summed E-state index contributed by atoms with van der Waals surface area (Å²) in [5, 5.41) is 36.8. The second-order valence-corrected chi connectivity index (χ2v) is 9.82. The highest BCUT2D eigenvalue weighted by Crippen LogP contribution is 2.10. The molecule has 0 heterocycles. The lowest BCUT2D eigenvalue weighted by molar-refractivity contribution is -0.143. The van der Waals surface area contributed by atoms with Gasteiger partial charge in [-0.15, -0.1) is 0 Å². The summed E-state index contributed by atoms with van der Waals surface area (Å²) in [5.74, 6) is -7.34. The zero-order valence-electron chi connectivity index (χ0n) is 23.7. The normalized spacial score (nSPS) is 15.2. The van der Waals surface area contributed by atoms with Gasteiger partial charge in [-0.05, 0) is 51.5 Å². The number of carboxylic acid groups (broad SMARTS) is 3. The Labute approximate surface area is 238 Å². The molecule has 0 aliphatic carbocycles. The number of aliphatic carboxylic acids is 3. The van der Waals surface area contributed by atoms with Crippen molar-refractivity contribution in [2.75, 3.05) is 6.54 Å². The van der Waals surface area contributed by atoms with E-state index in [4.69, 9.17) is 21.7 Å². The van der Waals surface area contributed by atoms with Crippen LogP contribution < -0.4 is 32.7 Å². The number of hydrogen-bond donors (Lipinski definition) is 9. The maximum atomic E-state index is 13.0. The lowest BCUT2D eigenvalue weighted by Crippen LogP contribution is -2.59. The standard InChI is InChI=1S/C25H44N6O10/c1-4-13(2)20(24(39)30-17(25(40)41)7-5-6-12-26)31-21(36)14(3)28-23(38)16(9-11-19(34)35)29-22(37)15(27)8-10-18(32)33/h13-17,20H,4-12,26-27H2,1-3H3,(H,28,38)(H,29,37)(H,30,39)(H,31,36)(H,32,33)(H,34,35)(H,40,41). The highest BCUT2D eigenvalue weighted by atomic mass is 16.4. The minimum Gasteiger partial charge on any atom is -0.481 e. The van der Waals surface area contributed by atoms with Gasteiger partial charge in [-0.3, -0.25) is 28.8 Å². The van der Waals surface area contributed by atoms with E-state index < -0.39 is 90.5 Å². The zero-order chi connectivity index (χ0) is 31.7. The SMILES string of the molecule is CCC(C)C(NC(=O)C(C)NC(=O)C(CCC(=O)O)NC(=O)C(N)CCC(=O)O)C(=O)NC(CCCCN)C(=O)O. The summed E-state index contributed by atoms with van der Waals surface area (Å²) in [6.07, 6.45) is 0.184. The average Bonchev–Trinajstić information content (AvgIpc) is 2.90. The minimum absolute atomic E-state index is 0.148. The summed E-state index contributed by atoms with van der Waals surface area (Å²) in [7, 11) is 0. The van der Waals surface area contributed by atoms with Crippen molar-refractivity contribution in [3.8, 4) is 0 Å². The quantitative estimate of drug-likeness (QED) is 0.0676. The molecule has 0 saturated carbocycles. The molecule has 0 bridgehead atoms. The molecule has 0 fully saturated rings. The Balaban J connectivity index is 5.48. The molecule has 6 atom stereocenters. The van der Waals surface area contributed by atoms with Crippen LogP contribution in [0.3, 0.4) is 0 Å². The summed E-state index contributed by atoms with van der Waals surface area (Å²) < 4.78 is 0. The molecule has 0 aromatic rings. The fourth-order valence-corrected chi connectivity index (χ4v) is 3.60. The van der Waals surface area contributed by atoms with E-state index in [-0.39, 0.29) is 19.3 Å². The van der Waals surface area contributed by atoms with Crippen LogP contribution in [-0.2, 0) is 33.6 Å². The third-order valence-electron chi connectivity index (χ3n) is 6.39. The van der Waals surface area contributed by atoms with Crippen LogP contribution in [0, 0.1) is 5.92 Å². The molecule has 0 aromatic carbocycles. The maximum absolute atomic E-state index is 13.0. The minimum atomic E-state index is -1.40. The molecule has 0 saturated heterocycles. The van der Waals surface area contributed by atoms with Crippen LogP contribution in [0.2, 0.25) is 0 Å². The Bertz CT molecular complexity index is 931. The number of nitrogens with two attached hydrogens (primary N) is 2. The van der Waals surface area contributed by atoms with Crippen LogP contribution >= 0.6 is 0 Å². The third kappa shape index (κ3) is 15.0. The van der Waals surface area contributed by atoms with Crippen LogP contribution in [-0.4, -0.2) is 93.6 Å². The van der Waals surface area contributed by atoms with Crippen LogP contribution in [0.4, 0.5) is 0 Å². The molecule has 0 aliphatic heterocycles. The van der Waals surface area contributed by atoms with Crippen molar-refractivity contribution in [1.82, 2.24) is 21.3 Å². The molecule has 16 nitrogen and oxygen atoms in total. The first-order valence-corrected chi connectivity index (χ1v) is 13.5. The van der Waals surface area contributed by atoms with E-state index in [1.54, 1.807) is 13.8 Å². The molecule has 0 aliphatic rings. The maximum Gasteiger partial charge on any atom is 0.326 e. The summed E-state index contributed by atoms with van der Waals surface area (Å²) in [5.41, 5.74) is 11.1. The number of rotatable bonds is 21. The lowest BCUT2D eigenvalue weighted by Gasteiger charge is -2.27. The smallest absolute Gasteiger partial charge is 0.326 e. The van der Waals surface area contributed by atoms with Gasteiger partial charge in [-0.1, -0.05) is 20.3 Å². The van der Waals surface area contributed by atoms with Crippen molar-refractivity contribution in [3.63, 3.8) is 0 Å². The molecule has 41 heavy (non-hydrogen) atoms. The predicted octanol–water partition coefficient (Wildman–Crippen LogP) is -1.74. The van der Waals surface area contributed by atoms with Crippen molar-refractivity contribution in [2.24, 2.45) is 17.4 Å². The average molecular weight is 589 g/mol. The van der Waals surface area contributed by atoms with E-state index in [0.29, 0.717) is 25.8 Å². The molecular formula is C25H44N6O10. The lowest BCUT2D eigenvalue weighted by atomic mass is 9.97. The second kappa shape index (κ2) is 19.3. The molecule has 0 aromatic heterocycles. The van der Waals surface area contributed by atoms with Gasteiger partial charge in [0.1, 0.15) is 24.2 Å². The Morgan fingerprint density at radius 2 is 1.24 bits per heavy atom. The first-order valence-electron chi connectivity index (χ1n) is 13.5. The van der Waals surface area contributed by atoms with Crippen LogP contribution in [0.25, 0.3) is 0 Å². The van der Waals surface area contributed by atoms with Crippen molar-refractivity contribution in [2.45, 2.75) is 102 Å². The third-order valence-corrected chi connectivity index (χ3v) is 6.39. The van der Waals surface area contributed by atoms with Crippen molar-refractivity contribution >= 4 is 41.5 Å². The van der Waals surface area contributed by atoms with Crippen LogP contribution in [0.1, 0.15) is 72.1 Å². The van der Waals surface area contributed by atoms with E-state index in [1.165, 1.54) is 6.92 Å². The van der Waals surface area contributed by atoms with Gasteiger partial charge >= 0.3 is 17.9 Å². The largest absolute Gasteiger partial charge is 0.481 e. The molecular weight excluding hydrogens is 544 g/mol. The molecule has 0 spiro atoms. The molecule has 6 unspecified atom stereocenters. The number of carbonyl (C=O) groups excluding carboxylic acids is 4. The Morgan fingerprint density at radius 3 is 1.76 bits per heavy atom. The van der Waals surface area contributed by atoms with Crippen molar-refractivity contribution < 1.29 is 48.9 Å². The number of hydrogen-bond acceptors (Lipinski definition) is 9. The summed E-state index contributed by atoms with van der Waals surface area (Å²) in [6.45, 7) is 5.13. The summed E-state index contributed by atoms with van der Waals surface area (Å²) in [6, 6.07) is -6.23. The number of carbonyl (C=O) groups is 7. The van der Waals surface area contributed by atoms with Crippen molar-refractivity contribution in [1.29, 1.82) is 0 Å². The highest BCUT2D eigenvalue weighted by molar-refractivity contribution is 5.95. The van der Waals surface area contributed by atoms with E-state index in [2.05, 4.69) is 21.3 Å². The molecule has 16 heteroatoms. The Kier molecular flexibility index (Phi) is 17.5. The molecule has 234 valence electrons. The van der Waals surface area contributed by atoms with E-state index in [1.807, 2.05) is 0 Å². The predicted molar refractivity (Wildman–Crippen MR) is 145 cm³/mol. The van der Waals surface area contributed by atoms with Gasteiger partial charge < -0.3 is 48.1 Å². The van der Waals surface area contributed by atoms with Gasteiger partial charge in [0.15, 0.2) is 0 Å². The monoisotopic (exact) mass is 588 g/mol. The topological polar surface area (TPSA) is 280 Å². The van der Waals surface area contributed by atoms with E-state index >= 15 is 0 Å². The molecule has 4 amide bonds. The number of nitrogens with one attached hydrogen (secondary N) is 4. The van der Waals surface area contributed by atoms with Gasteiger partial charge in [-0.25, -0.2) is 4.79 Å². The molecule has 11 N–H and O–H groups in total. The van der Waals surface area contributed by atoms with E-state index in [9.17, 15) is 38.7 Å². The molecule has 0 rings (SSSR count). The Hall–Kier alpha value is -3.79. The fraction of sp³-hybridized carbons (Fsp3) is 0.720. The highest BCUT2D eigenvalue weighted by Gasteiger charge is 2.32. The van der Waals surface area contributed by atoms with Crippen LogP contribution in [0.5, 0.6) is 0 Å². The number of amides is 4. The number of carboxylic acids is 3. The van der Waals surface area contributed by atoms with Gasteiger partial charge in [0, 0.05) is 12.8 Å². The van der Waals surface area contributed by atoms with Crippen molar-refractivity contribution in [3.05, 3.63) is 0 Å². The zero-order valence-corrected chi connectivity index (χ0v) is 23.7. The fourth-order valence-electron chi connectivity index (χ4n) is 3.60. The summed E-state index contributed by atoms with van der Waals surface area (Å²) >= 11 is 0. The first kappa shape index (κ1) is 37.2. The Morgan fingerprint density at radius 1 is 0.683 bits per heavy atom. The van der Waals surface area contributed by atoms with E-state index in [0.717, 1.165) is 0 Å². The molecule has 0 radical (unpaired) electrons. The first-order chi connectivity index (χ1) is 19.1. The van der Waals surface area contributed by atoms with Gasteiger partial charge in [0.25, 0.3) is 0 Å². The second-order valence-electron chi connectivity index (χ2n) is 9.82. The summed E-state index contributed by atoms with van der Waals surface area (Å²) in [4.78, 5) is 84.5. The van der Waals surface area contributed by atoms with Gasteiger partial charge in [0.05, 0.1) is 6.04 Å². The van der Waals surface area contributed by atoms with Gasteiger partial charge in [0.2, 0.25) is 23.6 Å². The number of unbranched alkanes of at least 4 members (excludes halogenated alkanes) is 1. The van der Waals surface area contributed by atoms with Crippen LogP contribution in [0.15, 0.2) is 0 Å².